The number of sulfonamides is 1. The van der Waals surface area contributed by atoms with E-state index in [4.69, 9.17) is 0 Å². The third-order valence-corrected chi connectivity index (χ3v) is 5.97. The maximum atomic E-state index is 12.6. The second-order valence-corrected chi connectivity index (χ2v) is 7.57. The first-order valence-electron chi connectivity index (χ1n) is 6.95. The Labute approximate surface area is 120 Å². The van der Waals surface area contributed by atoms with Crippen LogP contribution in [0.15, 0.2) is 29.2 Å². The fourth-order valence-electron chi connectivity index (χ4n) is 2.74. The van der Waals surface area contributed by atoms with Gasteiger partial charge >= 0.3 is 0 Å². The van der Waals surface area contributed by atoms with Gasteiger partial charge in [-0.1, -0.05) is 19.1 Å². The SMILES string of the molecule is CC(=O)c1ccc(S(=O)(=O)N2CCC(C)CC2C)cc1. The summed E-state index contributed by atoms with van der Waals surface area (Å²) in [6.07, 6.45) is 1.79. The van der Waals surface area contributed by atoms with Gasteiger partial charge in [0.15, 0.2) is 5.78 Å². The van der Waals surface area contributed by atoms with Crippen LogP contribution < -0.4 is 0 Å². The molecular formula is C15H21NO3S. The van der Waals surface area contributed by atoms with Gasteiger partial charge in [0.25, 0.3) is 0 Å². The molecule has 1 aliphatic rings. The van der Waals surface area contributed by atoms with Gasteiger partial charge < -0.3 is 0 Å². The van der Waals surface area contributed by atoms with Crippen LogP contribution in [-0.4, -0.2) is 31.1 Å². The van der Waals surface area contributed by atoms with Crippen molar-refractivity contribution in [2.75, 3.05) is 6.54 Å². The summed E-state index contributed by atoms with van der Waals surface area (Å²) in [4.78, 5) is 11.5. The first kappa shape index (κ1) is 15.2. The Morgan fingerprint density at radius 1 is 1.20 bits per heavy atom. The Bertz CT molecular complexity index is 592. The molecule has 4 nitrogen and oxygen atoms in total. The van der Waals surface area contributed by atoms with E-state index in [-0.39, 0.29) is 16.7 Å². The zero-order valence-corrected chi connectivity index (χ0v) is 13.0. The predicted molar refractivity (Wildman–Crippen MR) is 78.2 cm³/mol. The Hall–Kier alpha value is -1.20. The Morgan fingerprint density at radius 2 is 1.80 bits per heavy atom. The molecule has 0 bridgehead atoms. The number of benzene rings is 1. The average Bonchev–Trinajstić information content (AvgIpc) is 2.38. The summed E-state index contributed by atoms with van der Waals surface area (Å²) in [5.41, 5.74) is 0.532. The molecule has 1 saturated heterocycles. The molecule has 1 aromatic rings. The lowest BCUT2D eigenvalue weighted by molar-refractivity contribution is 0.101. The van der Waals surface area contributed by atoms with Crippen molar-refractivity contribution in [1.82, 2.24) is 4.31 Å². The lowest BCUT2D eigenvalue weighted by atomic mass is 9.95. The average molecular weight is 295 g/mol. The molecular weight excluding hydrogens is 274 g/mol. The number of Topliss-reactive ketones (excluding diaryl/α,β-unsaturated/α-hetero) is 1. The minimum atomic E-state index is -3.46. The Balaban J connectivity index is 2.28. The van der Waals surface area contributed by atoms with Gasteiger partial charge in [-0.25, -0.2) is 8.42 Å². The van der Waals surface area contributed by atoms with Gasteiger partial charge in [-0.05, 0) is 44.7 Å². The predicted octanol–water partition coefficient (Wildman–Crippen LogP) is 2.70. The maximum Gasteiger partial charge on any atom is 0.243 e. The zero-order valence-electron chi connectivity index (χ0n) is 12.2. The van der Waals surface area contributed by atoms with Gasteiger partial charge in [0.2, 0.25) is 10.0 Å². The van der Waals surface area contributed by atoms with Crippen molar-refractivity contribution >= 4 is 15.8 Å². The summed E-state index contributed by atoms with van der Waals surface area (Å²) in [7, 11) is -3.46. The van der Waals surface area contributed by atoms with E-state index in [0.717, 1.165) is 12.8 Å². The monoisotopic (exact) mass is 295 g/mol. The minimum Gasteiger partial charge on any atom is -0.295 e. The first-order chi connectivity index (χ1) is 9.32. The number of piperidine rings is 1. The van der Waals surface area contributed by atoms with Crippen molar-refractivity contribution in [1.29, 1.82) is 0 Å². The molecule has 0 aliphatic carbocycles. The van der Waals surface area contributed by atoms with E-state index in [9.17, 15) is 13.2 Å². The molecule has 0 radical (unpaired) electrons. The van der Waals surface area contributed by atoms with Gasteiger partial charge in [0.1, 0.15) is 0 Å². The highest BCUT2D eigenvalue weighted by atomic mass is 32.2. The fraction of sp³-hybridized carbons (Fsp3) is 0.533. The molecule has 0 spiro atoms. The summed E-state index contributed by atoms with van der Waals surface area (Å²) in [6.45, 7) is 6.15. The molecule has 0 saturated carbocycles. The van der Waals surface area contributed by atoms with Crippen LogP contribution in [0.5, 0.6) is 0 Å². The van der Waals surface area contributed by atoms with Crippen LogP contribution in [0.25, 0.3) is 0 Å². The highest BCUT2D eigenvalue weighted by molar-refractivity contribution is 7.89. The molecule has 2 unspecified atom stereocenters. The second kappa shape index (κ2) is 5.66. The van der Waals surface area contributed by atoms with E-state index in [1.54, 1.807) is 16.4 Å². The number of ketones is 1. The van der Waals surface area contributed by atoms with E-state index in [1.165, 1.54) is 19.1 Å². The molecule has 1 fully saturated rings. The highest BCUT2D eigenvalue weighted by Gasteiger charge is 2.33. The lowest BCUT2D eigenvalue weighted by Gasteiger charge is -2.35. The maximum absolute atomic E-state index is 12.6. The van der Waals surface area contributed by atoms with Crippen molar-refractivity contribution < 1.29 is 13.2 Å². The normalized spacial score (nSPS) is 24.6. The summed E-state index contributed by atoms with van der Waals surface area (Å²) >= 11 is 0. The van der Waals surface area contributed by atoms with Crippen molar-refractivity contribution in [3.05, 3.63) is 29.8 Å². The lowest BCUT2D eigenvalue weighted by Crippen LogP contribution is -2.44. The summed E-state index contributed by atoms with van der Waals surface area (Å²) in [5.74, 6) is 0.505. The number of rotatable bonds is 3. The molecule has 1 aliphatic heterocycles. The van der Waals surface area contributed by atoms with Gasteiger partial charge in [0.05, 0.1) is 4.90 Å². The largest absolute Gasteiger partial charge is 0.295 e. The minimum absolute atomic E-state index is 0.0243. The standard InChI is InChI=1S/C15H21NO3S/c1-11-8-9-16(12(2)10-11)20(18,19)15-6-4-14(5-7-15)13(3)17/h4-7,11-12H,8-10H2,1-3H3. The van der Waals surface area contributed by atoms with Crippen molar-refractivity contribution in [2.24, 2.45) is 5.92 Å². The van der Waals surface area contributed by atoms with Crippen molar-refractivity contribution in [3.8, 4) is 0 Å². The molecule has 5 heteroatoms. The van der Waals surface area contributed by atoms with Crippen LogP contribution in [0.2, 0.25) is 0 Å². The molecule has 0 amide bonds. The van der Waals surface area contributed by atoms with E-state index in [2.05, 4.69) is 6.92 Å². The molecule has 2 atom stereocenters. The van der Waals surface area contributed by atoms with E-state index in [1.807, 2.05) is 6.92 Å². The molecule has 110 valence electrons. The Kier molecular flexibility index (Phi) is 4.30. The molecule has 2 rings (SSSR count). The third kappa shape index (κ3) is 2.94. The topological polar surface area (TPSA) is 54.5 Å². The van der Waals surface area contributed by atoms with Crippen molar-refractivity contribution in [2.45, 2.75) is 44.6 Å². The highest BCUT2D eigenvalue weighted by Crippen LogP contribution is 2.28. The fourth-order valence-corrected chi connectivity index (χ4v) is 4.40. The smallest absolute Gasteiger partial charge is 0.243 e. The van der Waals surface area contributed by atoms with Crippen molar-refractivity contribution in [3.63, 3.8) is 0 Å². The second-order valence-electron chi connectivity index (χ2n) is 5.67. The summed E-state index contributed by atoms with van der Waals surface area (Å²) in [6, 6.07) is 6.23. The van der Waals surface area contributed by atoms with Crippen LogP contribution in [0.1, 0.15) is 44.0 Å². The van der Waals surface area contributed by atoms with Crippen LogP contribution in [0, 0.1) is 5.92 Å². The van der Waals surface area contributed by atoms with E-state index in [0.29, 0.717) is 18.0 Å². The van der Waals surface area contributed by atoms with E-state index < -0.39 is 10.0 Å². The van der Waals surface area contributed by atoms with Gasteiger partial charge in [-0.3, -0.25) is 4.79 Å². The number of carbonyl (C=O) groups is 1. The third-order valence-electron chi connectivity index (χ3n) is 3.94. The molecule has 0 aromatic heterocycles. The Morgan fingerprint density at radius 3 is 2.30 bits per heavy atom. The van der Waals surface area contributed by atoms with Crippen LogP contribution in [0.4, 0.5) is 0 Å². The molecule has 1 heterocycles. The zero-order chi connectivity index (χ0) is 14.9. The van der Waals surface area contributed by atoms with Crippen LogP contribution >= 0.6 is 0 Å². The molecule has 1 aromatic carbocycles. The first-order valence-corrected chi connectivity index (χ1v) is 8.39. The molecule has 20 heavy (non-hydrogen) atoms. The number of carbonyl (C=O) groups excluding carboxylic acids is 1. The van der Waals surface area contributed by atoms with Crippen LogP contribution in [-0.2, 0) is 10.0 Å². The number of hydrogen-bond acceptors (Lipinski definition) is 3. The van der Waals surface area contributed by atoms with Gasteiger partial charge in [0, 0.05) is 18.2 Å². The number of hydrogen-bond donors (Lipinski definition) is 0. The summed E-state index contributed by atoms with van der Waals surface area (Å²) < 4.78 is 26.8. The number of nitrogens with zero attached hydrogens (tertiary/aromatic N) is 1. The van der Waals surface area contributed by atoms with E-state index >= 15 is 0 Å². The van der Waals surface area contributed by atoms with Gasteiger partial charge in [-0.15, -0.1) is 0 Å². The quantitative estimate of drug-likeness (QED) is 0.806. The molecule has 0 N–H and O–H groups in total. The van der Waals surface area contributed by atoms with Gasteiger partial charge in [-0.2, -0.15) is 4.31 Å². The van der Waals surface area contributed by atoms with Crippen LogP contribution in [0.3, 0.4) is 0 Å². The summed E-state index contributed by atoms with van der Waals surface area (Å²) in [5, 5.41) is 0.